The van der Waals surface area contributed by atoms with Gasteiger partial charge in [0.2, 0.25) is 0 Å². The lowest BCUT2D eigenvalue weighted by atomic mass is 9.64. The maximum atomic E-state index is 13.6. The molecule has 0 radical (unpaired) electrons. The fourth-order valence-corrected chi connectivity index (χ4v) is 6.50. The molecule has 204 valence electrons. The van der Waals surface area contributed by atoms with E-state index in [4.69, 9.17) is 9.84 Å². The van der Waals surface area contributed by atoms with Crippen LogP contribution in [-0.2, 0) is 16.2 Å². The smallest absolute Gasteiger partial charge is 0.335 e. The summed E-state index contributed by atoms with van der Waals surface area (Å²) in [5.74, 6) is -0.352. The maximum absolute atomic E-state index is 13.6. The van der Waals surface area contributed by atoms with Crippen molar-refractivity contribution in [1.29, 1.82) is 0 Å². The van der Waals surface area contributed by atoms with Gasteiger partial charge in [-0.3, -0.25) is 9.59 Å². The Morgan fingerprint density at radius 2 is 1.36 bits per heavy atom. The van der Waals surface area contributed by atoms with Crippen molar-refractivity contribution >= 4 is 17.5 Å². The van der Waals surface area contributed by atoms with Crippen LogP contribution in [0.1, 0.15) is 91.9 Å². The first-order valence-electron chi connectivity index (χ1n) is 13.6. The van der Waals surface area contributed by atoms with Gasteiger partial charge in [0.05, 0.1) is 5.56 Å². The average molecular weight is 528 g/mol. The number of aromatic carboxylic acids is 1. The van der Waals surface area contributed by atoms with Gasteiger partial charge in [-0.05, 0) is 71.9 Å². The van der Waals surface area contributed by atoms with Crippen molar-refractivity contribution in [3.63, 3.8) is 0 Å². The number of benzene rings is 2. The summed E-state index contributed by atoms with van der Waals surface area (Å²) in [5, 5.41) is 12.7. The van der Waals surface area contributed by atoms with Crippen molar-refractivity contribution in [3.05, 3.63) is 86.8 Å². The second kappa shape index (κ2) is 9.51. The van der Waals surface area contributed by atoms with E-state index in [0.29, 0.717) is 19.4 Å². The highest BCUT2D eigenvalue weighted by Gasteiger charge is 2.46. The highest BCUT2D eigenvalue weighted by atomic mass is 16.5. The standard InChI is InChI=1S/C33H37NO5/c1-18-11-22(12-19(2)30(18)39-17-20-7-9-21(10-8-20)31(37)38)27-28-23(13-32(3,4)15-25(28)35)34-24-14-33(5,6)16-26(36)29(24)27/h7-12,27,34H,13-17H2,1-6H3,(H,37,38). The SMILES string of the molecule is Cc1cc(C2C3=C(CC(C)(C)CC3=O)NC3=C2C(=O)CC(C)(C)C3)cc(C)c1OCc1ccc(C(=O)O)cc1. The van der Waals surface area contributed by atoms with Crippen molar-refractivity contribution in [2.45, 2.75) is 79.8 Å². The summed E-state index contributed by atoms with van der Waals surface area (Å²) in [5.41, 5.74) is 7.07. The summed E-state index contributed by atoms with van der Waals surface area (Å²) in [6, 6.07) is 10.8. The van der Waals surface area contributed by atoms with Gasteiger partial charge in [-0.15, -0.1) is 0 Å². The zero-order valence-electron chi connectivity index (χ0n) is 23.7. The Morgan fingerprint density at radius 1 is 0.872 bits per heavy atom. The molecule has 1 aliphatic heterocycles. The van der Waals surface area contributed by atoms with E-state index in [2.05, 4.69) is 45.1 Å². The lowest BCUT2D eigenvalue weighted by Gasteiger charge is -2.44. The molecule has 2 aromatic rings. The topological polar surface area (TPSA) is 92.7 Å². The van der Waals surface area contributed by atoms with E-state index in [0.717, 1.165) is 63.4 Å². The Morgan fingerprint density at radius 3 is 1.82 bits per heavy atom. The van der Waals surface area contributed by atoms with Gasteiger partial charge in [0.25, 0.3) is 0 Å². The summed E-state index contributed by atoms with van der Waals surface area (Å²) in [6.07, 6.45) is 2.48. The van der Waals surface area contributed by atoms with Gasteiger partial charge < -0.3 is 15.2 Å². The van der Waals surface area contributed by atoms with E-state index in [-0.39, 0.29) is 33.9 Å². The average Bonchev–Trinajstić information content (AvgIpc) is 2.80. The van der Waals surface area contributed by atoms with Crippen LogP contribution < -0.4 is 10.1 Å². The molecule has 2 aliphatic carbocycles. The van der Waals surface area contributed by atoms with Crippen LogP contribution in [0.3, 0.4) is 0 Å². The number of Topliss-reactive ketones (excluding diaryl/α,β-unsaturated/α-hetero) is 2. The number of carboxylic acid groups (broad SMARTS) is 1. The third kappa shape index (κ3) is 5.17. The van der Waals surface area contributed by atoms with Gasteiger partial charge in [-0.1, -0.05) is 52.0 Å². The minimum Gasteiger partial charge on any atom is -0.488 e. The molecule has 0 bridgehead atoms. The molecule has 0 saturated carbocycles. The molecule has 3 aliphatic rings. The summed E-state index contributed by atoms with van der Waals surface area (Å²) in [6.45, 7) is 12.8. The van der Waals surface area contributed by atoms with Crippen LogP contribution in [0, 0.1) is 24.7 Å². The summed E-state index contributed by atoms with van der Waals surface area (Å²) in [4.78, 5) is 38.4. The summed E-state index contributed by atoms with van der Waals surface area (Å²) in [7, 11) is 0. The van der Waals surface area contributed by atoms with Crippen LogP contribution in [0.15, 0.2) is 58.9 Å². The number of rotatable bonds is 5. The second-order valence-electron chi connectivity index (χ2n) is 13.0. The molecule has 0 spiro atoms. The van der Waals surface area contributed by atoms with Gasteiger partial charge in [0.15, 0.2) is 11.6 Å². The van der Waals surface area contributed by atoms with Crippen molar-refractivity contribution in [1.82, 2.24) is 5.32 Å². The maximum Gasteiger partial charge on any atom is 0.335 e. The largest absolute Gasteiger partial charge is 0.488 e. The Labute approximate surface area is 230 Å². The molecule has 0 unspecified atom stereocenters. The highest BCUT2D eigenvalue weighted by molar-refractivity contribution is 6.06. The first-order chi connectivity index (χ1) is 18.2. The van der Waals surface area contributed by atoms with Crippen molar-refractivity contribution in [2.24, 2.45) is 10.8 Å². The number of hydrogen-bond acceptors (Lipinski definition) is 5. The first kappa shape index (κ1) is 26.9. The number of ketones is 2. The van der Waals surface area contributed by atoms with Crippen LogP contribution in [0.5, 0.6) is 5.75 Å². The number of dihydropyridines is 1. The Hall–Kier alpha value is -3.67. The van der Waals surface area contributed by atoms with E-state index < -0.39 is 5.97 Å². The predicted octanol–water partition coefficient (Wildman–Crippen LogP) is 6.55. The molecular weight excluding hydrogens is 490 g/mol. The molecule has 1 heterocycles. The fraction of sp³-hybridized carbons (Fsp3) is 0.424. The van der Waals surface area contributed by atoms with Crippen molar-refractivity contribution in [3.8, 4) is 5.75 Å². The molecule has 0 fully saturated rings. The molecule has 0 atom stereocenters. The zero-order chi connectivity index (χ0) is 28.3. The number of hydrogen-bond donors (Lipinski definition) is 2. The monoisotopic (exact) mass is 527 g/mol. The lowest BCUT2D eigenvalue weighted by molar-refractivity contribution is -0.119. The molecule has 0 amide bonds. The molecule has 6 heteroatoms. The number of allylic oxidation sites excluding steroid dienone is 4. The molecule has 6 nitrogen and oxygen atoms in total. The predicted molar refractivity (Wildman–Crippen MR) is 150 cm³/mol. The van der Waals surface area contributed by atoms with Gasteiger partial charge in [0, 0.05) is 41.3 Å². The van der Waals surface area contributed by atoms with Crippen LogP contribution in [0.4, 0.5) is 0 Å². The second-order valence-corrected chi connectivity index (χ2v) is 13.0. The van der Waals surface area contributed by atoms with E-state index >= 15 is 0 Å². The zero-order valence-corrected chi connectivity index (χ0v) is 23.7. The number of nitrogens with one attached hydrogen (secondary N) is 1. The van der Waals surface area contributed by atoms with E-state index in [1.807, 2.05) is 13.8 Å². The van der Waals surface area contributed by atoms with Crippen molar-refractivity contribution in [2.75, 3.05) is 0 Å². The van der Waals surface area contributed by atoms with Crippen molar-refractivity contribution < 1.29 is 24.2 Å². The minimum atomic E-state index is -0.959. The van der Waals surface area contributed by atoms with Gasteiger partial charge >= 0.3 is 5.97 Å². The summed E-state index contributed by atoms with van der Waals surface area (Å²) < 4.78 is 6.19. The normalized spacial score (nSPS) is 20.4. The molecule has 0 saturated heterocycles. The fourth-order valence-electron chi connectivity index (χ4n) is 6.50. The van der Waals surface area contributed by atoms with Crippen LogP contribution in [0.2, 0.25) is 0 Å². The number of aryl methyl sites for hydroxylation is 2. The third-order valence-electron chi connectivity index (χ3n) is 8.12. The van der Waals surface area contributed by atoms with Gasteiger partial charge in [-0.25, -0.2) is 4.79 Å². The van der Waals surface area contributed by atoms with E-state index in [9.17, 15) is 14.4 Å². The van der Waals surface area contributed by atoms with Gasteiger partial charge in [-0.2, -0.15) is 0 Å². The van der Waals surface area contributed by atoms with E-state index in [1.165, 1.54) is 0 Å². The molecule has 2 aromatic carbocycles. The van der Waals surface area contributed by atoms with E-state index in [1.54, 1.807) is 24.3 Å². The lowest BCUT2D eigenvalue weighted by Crippen LogP contribution is -2.42. The quantitative estimate of drug-likeness (QED) is 0.458. The molecule has 0 aromatic heterocycles. The number of carbonyl (C=O) groups excluding carboxylic acids is 2. The Bertz CT molecular complexity index is 1380. The molecule has 5 rings (SSSR count). The Balaban J connectivity index is 1.52. The minimum absolute atomic E-state index is 0.114. The van der Waals surface area contributed by atoms with Gasteiger partial charge in [0.1, 0.15) is 12.4 Å². The molecule has 39 heavy (non-hydrogen) atoms. The Kier molecular flexibility index (Phi) is 6.56. The van der Waals surface area contributed by atoms with Crippen LogP contribution in [-0.4, -0.2) is 22.6 Å². The highest BCUT2D eigenvalue weighted by Crippen LogP contribution is 2.51. The van der Waals surface area contributed by atoms with Crippen LogP contribution in [0.25, 0.3) is 0 Å². The molecule has 2 N–H and O–H groups in total. The molecular formula is C33H37NO5. The number of carbonyl (C=O) groups is 3. The number of carboxylic acids is 1. The third-order valence-corrected chi connectivity index (χ3v) is 8.12. The first-order valence-corrected chi connectivity index (χ1v) is 13.6. The van der Waals surface area contributed by atoms with Crippen LogP contribution >= 0.6 is 0 Å². The number of ether oxygens (including phenoxy) is 1. The summed E-state index contributed by atoms with van der Waals surface area (Å²) >= 11 is 0.